The van der Waals surface area contributed by atoms with Gasteiger partial charge < -0.3 is 0 Å². The van der Waals surface area contributed by atoms with E-state index in [-0.39, 0.29) is 0 Å². The standard InChI is InChI=1S/C44H28S/c1-3-12-32-27-34(19-17-29(32)9-1)36-22-23-41-42(45-43-25-21-31-11-5-6-14-38(31)44(41)43)26-24-37(40-16-8-7-15-39(36)40)35-20-18-30-10-2-4-13-33(30)28-35/h1-28H. The molecule has 0 radical (unpaired) electrons. The van der Waals surface area contributed by atoms with Crippen LogP contribution in [0.25, 0.3) is 85.5 Å². The molecule has 8 aromatic carbocycles. The van der Waals surface area contributed by atoms with Crippen LogP contribution < -0.4 is 0 Å². The molecule has 1 heterocycles. The van der Waals surface area contributed by atoms with Crippen LogP contribution in [0.2, 0.25) is 0 Å². The first-order valence-corrected chi connectivity index (χ1v) is 16.2. The molecule has 0 saturated carbocycles. The predicted molar refractivity (Wildman–Crippen MR) is 198 cm³/mol. The van der Waals surface area contributed by atoms with Crippen molar-refractivity contribution >= 4 is 74.6 Å². The number of hydrogen-bond acceptors (Lipinski definition) is 1. The quantitative estimate of drug-likeness (QED) is 0.188. The van der Waals surface area contributed by atoms with Crippen molar-refractivity contribution < 1.29 is 0 Å². The third kappa shape index (κ3) is 4.44. The van der Waals surface area contributed by atoms with E-state index in [1.807, 2.05) is 11.3 Å². The Labute approximate surface area is 265 Å². The molecule has 0 saturated heterocycles. The molecule has 0 spiro atoms. The molecule has 210 valence electrons. The zero-order chi connectivity index (χ0) is 29.7. The second kappa shape index (κ2) is 10.6. The molecule has 1 heteroatoms. The molecule has 0 atom stereocenters. The van der Waals surface area contributed by atoms with Crippen LogP contribution in [-0.4, -0.2) is 0 Å². The molecule has 45 heavy (non-hydrogen) atoms. The van der Waals surface area contributed by atoms with Crippen molar-refractivity contribution in [1.29, 1.82) is 0 Å². The third-order valence-electron chi connectivity index (χ3n) is 9.09. The zero-order valence-corrected chi connectivity index (χ0v) is 25.4. The molecule has 1 aromatic heterocycles. The van der Waals surface area contributed by atoms with E-state index in [0.717, 1.165) is 0 Å². The summed E-state index contributed by atoms with van der Waals surface area (Å²) in [4.78, 5) is 0. The number of rotatable bonds is 2. The van der Waals surface area contributed by atoms with Gasteiger partial charge in [0, 0.05) is 20.2 Å². The van der Waals surface area contributed by atoms with Gasteiger partial charge in [-0.25, -0.2) is 0 Å². The van der Waals surface area contributed by atoms with Crippen LogP contribution in [0.3, 0.4) is 0 Å². The highest BCUT2D eigenvalue weighted by atomic mass is 32.1. The van der Waals surface area contributed by atoms with Crippen LogP contribution in [0.5, 0.6) is 0 Å². The van der Waals surface area contributed by atoms with E-state index in [2.05, 4.69) is 170 Å². The summed E-state index contributed by atoms with van der Waals surface area (Å²) in [5.74, 6) is 0. The highest BCUT2D eigenvalue weighted by molar-refractivity contribution is 7.26. The molecule has 0 aliphatic rings. The Morgan fingerprint density at radius 2 is 0.756 bits per heavy atom. The van der Waals surface area contributed by atoms with Crippen molar-refractivity contribution in [2.75, 3.05) is 0 Å². The Bertz CT molecular complexity index is 2660. The lowest BCUT2D eigenvalue weighted by atomic mass is 9.93. The summed E-state index contributed by atoms with van der Waals surface area (Å²) in [5.41, 5.74) is 4.87. The second-order valence-corrected chi connectivity index (χ2v) is 12.8. The fourth-order valence-electron chi connectivity index (χ4n) is 6.88. The van der Waals surface area contributed by atoms with Gasteiger partial charge in [-0.15, -0.1) is 11.3 Å². The highest BCUT2D eigenvalue weighted by Crippen LogP contribution is 2.40. The molecular formula is C44H28S. The number of hydrogen-bond donors (Lipinski definition) is 0. The Morgan fingerprint density at radius 1 is 0.289 bits per heavy atom. The van der Waals surface area contributed by atoms with Gasteiger partial charge in [0.05, 0.1) is 0 Å². The van der Waals surface area contributed by atoms with Crippen molar-refractivity contribution in [3.05, 3.63) is 170 Å². The van der Waals surface area contributed by atoms with Crippen LogP contribution in [0, 0.1) is 0 Å². The van der Waals surface area contributed by atoms with Crippen LogP contribution in [0.1, 0.15) is 0 Å². The van der Waals surface area contributed by atoms with Gasteiger partial charge in [-0.05, 0) is 89.6 Å². The first-order chi connectivity index (χ1) is 22.3. The summed E-state index contributed by atoms with van der Waals surface area (Å²) < 4.78 is 2.58. The molecule has 0 amide bonds. The minimum absolute atomic E-state index is 1.21. The summed E-state index contributed by atoms with van der Waals surface area (Å²) in [6.45, 7) is 0. The van der Waals surface area contributed by atoms with Crippen molar-refractivity contribution in [1.82, 2.24) is 0 Å². The number of benzene rings is 7. The number of thiophene rings is 1. The Kier molecular flexibility index (Phi) is 6.11. The lowest BCUT2D eigenvalue weighted by Crippen LogP contribution is -1.84. The molecule has 9 aromatic rings. The smallest absolute Gasteiger partial charge is 0.0361 e. The van der Waals surface area contributed by atoms with Gasteiger partial charge in [0.1, 0.15) is 0 Å². The van der Waals surface area contributed by atoms with Gasteiger partial charge in [-0.3, -0.25) is 0 Å². The van der Waals surface area contributed by atoms with Gasteiger partial charge in [0.15, 0.2) is 0 Å². The lowest BCUT2D eigenvalue weighted by molar-refractivity contribution is 1.68. The van der Waals surface area contributed by atoms with Gasteiger partial charge in [-0.1, -0.05) is 146 Å². The summed E-state index contributed by atoms with van der Waals surface area (Å²) in [6.07, 6.45) is 0. The van der Waals surface area contributed by atoms with E-state index in [0.29, 0.717) is 0 Å². The summed E-state index contributed by atoms with van der Waals surface area (Å²) in [7, 11) is 0. The second-order valence-electron chi connectivity index (χ2n) is 11.7. The average molecular weight is 589 g/mol. The number of fused-ring (bicyclic) bond motifs is 8. The maximum atomic E-state index is 2.35. The average Bonchev–Trinajstić information content (AvgIpc) is 3.46. The Hall–Kier alpha value is -5.50. The molecule has 0 N–H and O–H groups in total. The molecule has 0 aliphatic carbocycles. The van der Waals surface area contributed by atoms with E-state index in [9.17, 15) is 0 Å². The van der Waals surface area contributed by atoms with Gasteiger partial charge >= 0.3 is 0 Å². The normalized spacial score (nSPS) is 11.6. The van der Waals surface area contributed by atoms with Crippen molar-refractivity contribution in [2.24, 2.45) is 0 Å². The molecule has 0 nitrogen and oxygen atoms in total. The SMILES string of the molecule is c1ccc2cc(-c3ccc4sc5ccc6ccccc6c5c4ccc(-c4ccc5ccccc5c4)c4ccccc34)ccc2c1. The molecular weight excluding hydrogens is 561 g/mol. The minimum atomic E-state index is 1.21. The third-order valence-corrected chi connectivity index (χ3v) is 10.2. The highest BCUT2D eigenvalue weighted by Gasteiger charge is 2.11. The maximum absolute atomic E-state index is 2.35. The van der Waals surface area contributed by atoms with E-state index < -0.39 is 0 Å². The molecule has 0 aliphatic heterocycles. The van der Waals surface area contributed by atoms with Gasteiger partial charge in [0.25, 0.3) is 0 Å². The first kappa shape index (κ1) is 25.9. The fraction of sp³-hybridized carbons (Fsp3) is 0. The summed E-state index contributed by atoms with van der Waals surface area (Å²) >= 11 is 1.87. The molecule has 9 rings (SSSR count). The monoisotopic (exact) mass is 588 g/mol. The van der Waals surface area contributed by atoms with Gasteiger partial charge in [0.2, 0.25) is 0 Å². The van der Waals surface area contributed by atoms with E-state index in [4.69, 9.17) is 0 Å². The zero-order valence-electron chi connectivity index (χ0n) is 24.6. The van der Waals surface area contributed by atoms with E-state index in [1.165, 1.54) is 85.5 Å². The van der Waals surface area contributed by atoms with Crippen LogP contribution in [-0.2, 0) is 0 Å². The molecule has 0 bridgehead atoms. The fourth-order valence-corrected chi connectivity index (χ4v) is 7.99. The maximum Gasteiger partial charge on any atom is 0.0361 e. The van der Waals surface area contributed by atoms with Crippen molar-refractivity contribution in [2.45, 2.75) is 0 Å². The Morgan fingerprint density at radius 3 is 1.38 bits per heavy atom. The molecule has 0 unspecified atom stereocenters. The first-order valence-electron chi connectivity index (χ1n) is 15.4. The largest absolute Gasteiger partial charge is 0.135 e. The predicted octanol–water partition coefficient (Wildman–Crippen LogP) is 13.1. The lowest BCUT2D eigenvalue weighted by Gasteiger charge is -2.11. The van der Waals surface area contributed by atoms with E-state index >= 15 is 0 Å². The van der Waals surface area contributed by atoms with Crippen LogP contribution in [0.4, 0.5) is 0 Å². The van der Waals surface area contributed by atoms with Crippen LogP contribution in [0.15, 0.2) is 170 Å². The molecule has 0 fully saturated rings. The van der Waals surface area contributed by atoms with E-state index in [1.54, 1.807) is 0 Å². The topological polar surface area (TPSA) is 0 Å². The Balaban J connectivity index is 1.46. The summed E-state index contributed by atoms with van der Waals surface area (Å²) in [5, 5.41) is 12.6. The van der Waals surface area contributed by atoms with Crippen molar-refractivity contribution in [3.8, 4) is 22.3 Å². The summed E-state index contributed by atoms with van der Waals surface area (Å²) in [6, 6.07) is 62.5. The minimum Gasteiger partial charge on any atom is -0.135 e. The van der Waals surface area contributed by atoms with Gasteiger partial charge in [-0.2, -0.15) is 0 Å². The van der Waals surface area contributed by atoms with Crippen LogP contribution >= 0.6 is 11.3 Å². The van der Waals surface area contributed by atoms with Crippen molar-refractivity contribution in [3.63, 3.8) is 0 Å².